The van der Waals surface area contributed by atoms with E-state index in [9.17, 15) is 9.59 Å². The lowest BCUT2D eigenvalue weighted by Gasteiger charge is -2.24. The molecule has 4 aromatic rings. The summed E-state index contributed by atoms with van der Waals surface area (Å²) >= 11 is 9.29. The number of benzene rings is 3. The minimum absolute atomic E-state index is 0.213. The van der Waals surface area contributed by atoms with Crippen LogP contribution in [0, 0.1) is 7.14 Å². The van der Waals surface area contributed by atoms with Gasteiger partial charge >= 0.3 is 5.97 Å². The van der Waals surface area contributed by atoms with Gasteiger partial charge in [-0.15, -0.1) is 0 Å². The molecule has 0 saturated carbocycles. The second-order valence-electron chi connectivity index (χ2n) is 9.53. The molecule has 1 aromatic heterocycles. The van der Waals surface area contributed by atoms with Gasteiger partial charge in [0, 0.05) is 13.6 Å². The first-order valence-corrected chi connectivity index (χ1v) is 17.3. The van der Waals surface area contributed by atoms with E-state index in [1.807, 2.05) is 73.7 Å². The minimum Gasteiger partial charge on any atom is -0.494 e. The summed E-state index contributed by atoms with van der Waals surface area (Å²) in [7, 11) is 0. The van der Waals surface area contributed by atoms with Crippen molar-refractivity contribution in [3.8, 4) is 11.5 Å². The highest BCUT2D eigenvalue weighted by molar-refractivity contribution is 14.1. The van der Waals surface area contributed by atoms with Crippen LogP contribution in [0.3, 0.4) is 0 Å². The highest BCUT2D eigenvalue weighted by Gasteiger charge is 2.33. The van der Waals surface area contributed by atoms with Gasteiger partial charge in [0.15, 0.2) is 4.80 Å². The first-order chi connectivity index (χ1) is 20.7. The van der Waals surface area contributed by atoms with E-state index in [0.29, 0.717) is 45.3 Å². The Morgan fingerprint density at radius 3 is 2.44 bits per heavy atom. The second kappa shape index (κ2) is 14.1. The lowest BCUT2D eigenvalue weighted by Crippen LogP contribution is -2.39. The van der Waals surface area contributed by atoms with Crippen molar-refractivity contribution < 1.29 is 19.0 Å². The topological polar surface area (TPSA) is 79.1 Å². The number of rotatable bonds is 9. The molecule has 0 amide bonds. The van der Waals surface area contributed by atoms with Crippen LogP contribution >= 0.6 is 72.4 Å². The van der Waals surface area contributed by atoms with Crippen LogP contribution in [0.5, 0.6) is 11.5 Å². The van der Waals surface area contributed by atoms with Crippen molar-refractivity contribution in [3.05, 3.63) is 120 Å². The van der Waals surface area contributed by atoms with Crippen molar-refractivity contribution in [2.45, 2.75) is 33.4 Å². The SMILES string of the molecule is CCOC(=O)C1=C(C)N=c2s/c(=C\c3cc(I)cc(I)c3OCc3ccc(Br)cc3)c(=O)n2[C@@H]1c1ccc(OCC)cc1. The molecule has 0 saturated heterocycles. The third kappa shape index (κ3) is 7.10. The molecular weight excluding hydrogens is 858 g/mol. The van der Waals surface area contributed by atoms with E-state index in [0.717, 1.165) is 28.3 Å². The molecule has 2 heterocycles. The number of esters is 1. The van der Waals surface area contributed by atoms with Crippen LogP contribution in [0.15, 0.2) is 86.2 Å². The average molecular weight is 885 g/mol. The zero-order chi connectivity index (χ0) is 30.7. The lowest BCUT2D eigenvalue weighted by atomic mass is 9.96. The maximum Gasteiger partial charge on any atom is 0.338 e. The summed E-state index contributed by atoms with van der Waals surface area (Å²) in [5.74, 6) is 0.912. The molecule has 0 unspecified atom stereocenters. The number of ether oxygens (including phenoxy) is 3. The molecule has 1 atom stereocenters. The molecule has 11 heteroatoms. The van der Waals surface area contributed by atoms with Gasteiger partial charge in [0.25, 0.3) is 5.56 Å². The number of allylic oxidation sites excluding steroid dienone is 1. The molecule has 1 aliphatic rings. The Bertz CT molecular complexity index is 1880. The van der Waals surface area contributed by atoms with E-state index in [-0.39, 0.29) is 12.2 Å². The predicted octanol–water partition coefficient (Wildman–Crippen LogP) is 6.75. The summed E-state index contributed by atoms with van der Waals surface area (Å²) in [5, 5.41) is 0. The molecule has 0 fully saturated rings. The Morgan fingerprint density at radius 2 is 1.77 bits per heavy atom. The van der Waals surface area contributed by atoms with E-state index >= 15 is 0 Å². The molecule has 0 radical (unpaired) electrons. The average Bonchev–Trinajstić information content (AvgIpc) is 3.27. The van der Waals surface area contributed by atoms with Crippen molar-refractivity contribution >= 4 is 84.5 Å². The molecule has 0 spiro atoms. The predicted molar refractivity (Wildman–Crippen MR) is 188 cm³/mol. The molecule has 0 N–H and O–H groups in total. The molecule has 222 valence electrons. The standard InChI is InChI=1S/C32H27BrI2N2O5S/c1-4-40-24-12-8-20(9-13-24)28-27(31(39)41-5-2)18(3)36-32-37(28)30(38)26(43-32)15-21-14-23(34)16-25(35)29(21)42-17-19-6-10-22(33)11-7-19/h6-16,28H,4-5,17H2,1-3H3/b26-15-/t28-/m1/s1. The fourth-order valence-corrected chi connectivity index (χ4v) is 8.08. The van der Waals surface area contributed by atoms with Crippen molar-refractivity contribution in [3.63, 3.8) is 0 Å². The van der Waals surface area contributed by atoms with Gasteiger partial charge in [-0.1, -0.05) is 51.5 Å². The van der Waals surface area contributed by atoms with Crippen LogP contribution in [-0.4, -0.2) is 23.8 Å². The van der Waals surface area contributed by atoms with E-state index in [2.05, 4.69) is 61.1 Å². The smallest absolute Gasteiger partial charge is 0.338 e. The summed E-state index contributed by atoms with van der Waals surface area (Å²) in [6.07, 6.45) is 1.85. The number of hydrogen-bond donors (Lipinski definition) is 0. The van der Waals surface area contributed by atoms with Gasteiger partial charge < -0.3 is 14.2 Å². The quantitative estimate of drug-likeness (QED) is 0.138. The van der Waals surface area contributed by atoms with Gasteiger partial charge in [0.05, 0.1) is 38.6 Å². The van der Waals surface area contributed by atoms with Gasteiger partial charge in [-0.25, -0.2) is 9.79 Å². The highest BCUT2D eigenvalue weighted by Crippen LogP contribution is 2.33. The Labute approximate surface area is 288 Å². The molecule has 3 aromatic carbocycles. The van der Waals surface area contributed by atoms with Gasteiger partial charge in [-0.3, -0.25) is 9.36 Å². The molecule has 1 aliphatic heterocycles. The molecule has 0 aliphatic carbocycles. The van der Waals surface area contributed by atoms with E-state index in [1.54, 1.807) is 18.4 Å². The number of carbonyl (C=O) groups excluding carboxylic acids is 1. The number of fused-ring (bicyclic) bond motifs is 1. The van der Waals surface area contributed by atoms with Crippen molar-refractivity contribution in [1.82, 2.24) is 4.57 Å². The highest BCUT2D eigenvalue weighted by atomic mass is 127. The first-order valence-electron chi connectivity index (χ1n) is 13.5. The minimum atomic E-state index is -0.697. The van der Waals surface area contributed by atoms with Crippen LogP contribution in [0.25, 0.3) is 6.08 Å². The Morgan fingerprint density at radius 1 is 1.05 bits per heavy atom. The van der Waals surface area contributed by atoms with Crippen molar-refractivity contribution in [1.29, 1.82) is 0 Å². The summed E-state index contributed by atoms with van der Waals surface area (Å²) in [4.78, 5) is 32.5. The van der Waals surface area contributed by atoms with Gasteiger partial charge in [-0.2, -0.15) is 0 Å². The molecule has 7 nitrogen and oxygen atoms in total. The monoisotopic (exact) mass is 884 g/mol. The first kappa shape index (κ1) is 31.9. The Balaban J connectivity index is 1.63. The third-order valence-corrected chi connectivity index (χ3v) is 9.58. The number of hydrogen-bond acceptors (Lipinski definition) is 7. The number of halogens is 3. The van der Waals surface area contributed by atoms with Gasteiger partial charge in [0.1, 0.15) is 18.1 Å². The summed E-state index contributed by atoms with van der Waals surface area (Å²) in [6.45, 7) is 6.59. The fourth-order valence-electron chi connectivity index (χ4n) is 4.74. The maximum atomic E-state index is 14.1. The number of carbonyl (C=O) groups is 1. The zero-order valence-electron chi connectivity index (χ0n) is 23.5. The number of nitrogens with zero attached hydrogens (tertiary/aromatic N) is 2. The van der Waals surface area contributed by atoms with E-state index in [1.165, 1.54) is 11.3 Å². The number of aromatic nitrogens is 1. The van der Waals surface area contributed by atoms with Crippen LogP contribution in [0.4, 0.5) is 0 Å². The van der Waals surface area contributed by atoms with Crippen molar-refractivity contribution in [2.75, 3.05) is 13.2 Å². The fraction of sp³-hybridized carbons (Fsp3) is 0.219. The third-order valence-electron chi connectivity index (χ3n) is 6.64. The Hall–Kier alpha value is -2.49. The summed E-state index contributed by atoms with van der Waals surface area (Å²) < 4.78 is 22.4. The maximum absolute atomic E-state index is 14.1. The summed E-state index contributed by atoms with van der Waals surface area (Å²) in [5.41, 5.74) is 3.19. The lowest BCUT2D eigenvalue weighted by molar-refractivity contribution is -0.139. The summed E-state index contributed by atoms with van der Waals surface area (Å²) in [6, 6.07) is 18.7. The van der Waals surface area contributed by atoms with Crippen LogP contribution in [0.2, 0.25) is 0 Å². The molecular formula is C32H27BrI2N2O5S. The van der Waals surface area contributed by atoms with Crippen LogP contribution in [0.1, 0.15) is 43.5 Å². The van der Waals surface area contributed by atoms with E-state index in [4.69, 9.17) is 19.2 Å². The zero-order valence-corrected chi connectivity index (χ0v) is 30.2. The number of thiazole rings is 1. The normalized spacial score (nSPS) is 14.7. The van der Waals surface area contributed by atoms with Crippen LogP contribution in [-0.2, 0) is 16.1 Å². The molecule has 5 rings (SSSR count). The van der Waals surface area contributed by atoms with Gasteiger partial charge in [0.2, 0.25) is 0 Å². The molecule has 0 bridgehead atoms. The Kier molecular flexibility index (Phi) is 10.5. The second-order valence-corrected chi connectivity index (χ2v) is 13.9. The van der Waals surface area contributed by atoms with E-state index < -0.39 is 12.0 Å². The molecule has 43 heavy (non-hydrogen) atoms. The largest absolute Gasteiger partial charge is 0.494 e. The van der Waals surface area contributed by atoms with Crippen LogP contribution < -0.4 is 24.4 Å². The van der Waals surface area contributed by atoms with Gasteiger partial charge in [-0.05, 0) is 120 Å². The van der Waals surface area contributed by atoms with Crippen molar-refractivity contribution in [2.24, 2.45) is 4.99 Å².